The van der Waals surface area contributed by atoms with Crippen LogP contribution in [0.2, 0.25) is 0 Å². The van der Waals surface area contributed by atoms with Gasteiger partial charge in [0.15, 0.2) is 0 Å². The van der Waals surface area contributed by atoms with E-state index in [4.69, 9.17) is 5.73 Å². The number of ketones is 1. The molecular formula is C12H9Br2NOS. The molecule has 0 aliphatic carbocycles. The third-order valence-electron chi connectivity index (χ3n) is 2.36. The number of hydrogen-bond donors (Lipinski definition) is 1. The summed E-state index contributed by atoms with van der Waals surface area (Å²) in [6.07, 6.45) is 0. The van der Waals surface area contributed by atoms with E-state index in [0.717, 1.165) is 13.8 Å². The molecule has 0 unspecified atom stereocenters. The molecule has 5 heteroatoms. The summed E-state index contributed by atoms with van der Waals surface area (Å²) in [5, 5.41) is 0. The highest BCUT2D eigenvalue weighted by molar-refractivity contribution is 9.13. The van der Waals surface area contributed by atoms with Crippen LogP contribution in [-0.2, 0) is 0 Å². The number of nitrogen functional groups attached to an aromatic ring is 1. The first-order valence-corrected chi connectivity index (χ1v) is 7.25. The molecule has 0 amide bonds. The monoisotopic (exact) mass is 373 g/mol. The average Bonchev–Trinajstić information content (AvgIpc) is 2.58. The van der Waals surface area contributed by atoms with Crippen LogP contribution in [0.3, 0.4) is 0 Å². The van der Waals surface area contributed by atoms with Crippen LogP contribution in [-0.4, -0.2) is 5.78 Å². The van der Waals surface area contributed by atoms with E-state index in [1.54, 1.807) is 12.1 Å². The summed E-state index contributed by atoms with van der Waals surface area (Å²) in [4.78, 5) is 13.0. The van der Waals surface area contributed by atoms with E-state index >= 15 is 0 Å². The Morgan fingerprint density at radius 1 is 1.29 bits per heavy atom. The first-order chi connectivity index (χ1) is 7.99. The van der Waals surface area contributed by atoms with Gasteiger partial charge in [0.05, 0.1) is 8.66 Å². The number of carbonyl (C=O) groups is 1. The summed E-state index contributed by atoms with van der Waals surface area (Å²) in [5.41, 5.74) is 7.94. The molecule has 2 rings (SSSR count). The molecule has 2 nitrogen and oxygen atoms in total. The minimum absolute atomic E-state index is 0.0268. The lowest BCUT2D eigenvalue weighted by atomic mass is 10.0. The molecule has 0 aliphatic rings. The van der Waals surface area contributed by atoms with Crippen molar-refractivity contribution in [2.24, 2.45) is 0 Å². The van der Waals surface area contributed by atoms with Crippen LogP contribution in [0.25, 0.3) is 0 Å². The minimum atomic E-state index is 0.0268. The third-order valence-corrected chi connectivity index (χ3v) is 5.62. The van der Waals surface area contributed by atoms with Gasteiger partial charge in [-0.2, -0.15) is 0 Å². The molecule has 0 bridgehead atoms. The third kappa shape index (κ3) is 2.61. The fourth-order valence-corrected chi connectivity index (χ4v) is 3.52. The summed E-state index contributed by atoms with van der Waals surface area (Å²) < 4.78 is 1.83. The second-order valence-corrected chi connectivity index (χ2v) is 6.86. The fourth-order valence-electron chi connectivity index (χ4n) is 1.53. The fraction of sp³-hybridized carbons (Fsp3) is 0.0833. The predicted octanol–water partition coefficient (Wildman–Crippen LogP) is 4.39. The molecule has 0 spiro atoms. The highest BCUT2D eigenvalue weighted by atomic mass is 79.9. The number of benzene rings is 1. The Hall–Kier alpha value is -0.650. The Bertz CT molecular complexity index is 573. The summed E-state index contributed by atoms with van der Waals surface area (Å²) >= 11 is 8.18. The molecule has 2 aromatic rings. The molecule has 2 N–H and O–H groups in total. The van der Waals surface area contributed by atoms with Gasteiger partial charge in [-0.15, -0.1) is 11.3 Å². The van der Waals surface area contributed by atoms with Crippen molar-refractivity contribution in [3.63, 3.8) is 0 Å². The highest BCUT2D eigenvalue weighted by Crippen LogP contribution is 2.33. The molecule has 1 aromatic heterocycles. The van der Waals surface area contributed by atoms with Crippen molar-refractivity contribution >= 4 is 54.7 Å². The van der Waals surface area contributed by atoms with Gasteiger partial charge in [0, 0.05) is 15.7 Å². The zero-order valence-electron chi connectivity index (χ0n) is 8.96. The second kappa shape index (κ2) is 4.92. The molecule has 1 heterocycles. The van der Waals surface area contributed by atoms with Crippen LogP contribution >= 0.6 is 43.2 Å². The number of halogens is 2. The molecule has 1 aromatic carbocycles. The molecule has 0 aliphatic heterocycles. The molecule has 0 saturated carbocycles. The molecule has 0 fully saturated rings. The maximum Gasteiger partial charge on any atom is 0.203 e. The van der Waals surface area contributed by atoms with Crippen molar-refractivity contribution in [3.05, 3.63) is 48.5 Å². The first-order valence-electron chi connectivity index (χ1n) is 4.84. The van der Waals surface area contributed by atoms with Gasteiger partial charge >= 0.3 is 0 Å². The van der Waals surface area contributed by atoms with Crippen LogP contribution in [0.15, 0.2) is 32.5 Å². The number of thiophene rings is 1. The van der Waals surface area contributed by atoms with Crippen LogP contribution in [0, 0.1) is 6.92 Å². The predicted molar refractivity (Wildman–Crippen MR) is 78.7 cm³/mol. The van der Waals surface area contributed by atoms with Crippen LogP contribution < -0.4 is 5.73 Å². The molecule has 0 radical (unpaired) electrons. The maximum atomic E-state index is 12.3. The minimum Gasteiger partial charge on any atom is -0.399 e. The van der Waals surface area contributed by atoms with Crippen molar-refractivity contribution in [1.29, 1.82) is 0 Å². The van der Waals surface area contributed by atoms with Crippen molar-refractivity contribution in [3.8, 4) is 0 Å². The lowest BCUT2D eigenvalue weighted by molar-refractivity contribution is 0.104. The lowest BCUT2D eigenvalue weighted by Gasteiger charge is -2.04. The normalized spacial score (nSPS) is 10.5. The van der Waals surface area contributed by atoms with E-state index in [9.17, 15) is 4.79 Å². The van der Waals surface area contributed by atoms with Crippen LogP contribution in [0.4, 0.5) is 5.69 Å². The Morgan fingerprint density at radius 3 is 2.53 bits per heavy atom. The molecule has 0 saturated heterocycles. The number of hydrogen-bond acceptors (Lipinski definition) is 3. The summed E-state index contributed by atoms with van der Waals surface area (Å²) in [6.45, 7) is 1.89. The zero-order chi connectivity index (χ0) is 12.6. The second-order valence-electron chi connectivity index (χ2n) is 3.64. The van der Waals surface area contributed by atoms with E-state index < -0.39 is 0 Å². The van der Waals surface area contributed by atoms with Gasteiger partial charge in [-0.1, -0.05) is 0 Å². The number of rotatable bonds is 2. The lowest BCUT2D eigenvalue weighted by Crippen LogP contribution is -2.02. The van der Waals surface area contributed by atoms with Gasteiger partial charge in [-0.3, -0.25) is 4.79 Å². The van der Waals surface area contributed by atoms with E-state index in [1.165, 1.54) is 11.3 Å². The maximum absolute atomic E-state index is 12.3. The summed E-state index contributed by atoms with van der Waals surface area (Å²) in [6, 6.07) is 7.16. The largest absolute Gasteiger partial charge is 0.399 e. The average molecular weight is 375 g/mol. The van der Waals surface area contributed by atoms with E-state index in [0.29, 0.717) is 16.1 Å². The molecule has 17 heavy (non-hydrogen) atoms. The van der Waals surface area contributed by atoms with Gasteiger partial charge in [0.2, 0.25) is 5.78 Å². The standard InChI is InChI=1S/C12H9Br2NOS/c1-6-4-7(15)2-3-8(6)11(16)10-5-9(13)12(14)17-10/h2-5H,15H2,1H3. The van der Waals surface area contributed by atoms with Crippen molar-refractivity contribution < 1.29 is 4.79 Å². The van der Waals surface area contributed by atoms with E-state index in [1.807, 2.05) is 19.1 Å². The van der Waals surface area contributed by atoms with Crippen molar-refractivity contribution in [2.75, 3.05) is 5.73 Å². The van der Waals surface area contributed by atoms with Crippen LogP contribution in [0.1, 0.15) is 20.8 Å². The molecule has 88 valence electrons. The zero-order valence-corrected chi connectivity index (χ0v) is 12.9. The van der Waals surface area contributed by atoms with Gasteiger partial charge in [0.1, 0.15) is 0 Å². The number of carbonyl (C=O) groups excluding carboxylic acids is 1. The molecule has 0 atom stereocenters. The quantitative estimate of drug-likeness (QED) is 0.625. The highest BCUT2D eigenvalue weighted by Gasteiger charge is 2.15. The van der Waals surface area contributed by atoms with Crippen molar-refractivity contribution in [2.45, 2.75) is 6.92 Å². The Balaban J connectivity index is 2.43. The van der Waals surface area contributed by atoms with E-state index in [-0.39, 0.29) is 5.78 Å². The Kier molecular flexibility index (Phi) is 3.70. The molecular weight excluding hydrogens is 366 g/mol. The van der Waals surface area contributed by atoms with Crippen molar-refractivity contribution in [1.82, 2.24) is 0 Å². The van der Waals surface area contributed by atoms with E-state index in [2.05, 4.69) is 31.9 Å². The number of nitrogens with two attached hydrogens (primary N) is 1. The SMILES string of the molecule is Cc1cc(N)ccc1C(=O)c1cc(Br)c(Br)s1. The Morgan fingerprint density at radius 2 is 2.00 bits per heavy atom. The first kappa shape index (κ1) is 12.8. The van der Waals surface area contributed by atoms with Crippen LogP contribution in [0.5, 0.6) is 0 Å². The smallest absolute Gasteiger partial charge is 0.203 e. The van der Waals surface area contributed by atoms with Gasteiger partial charge in [-0.05, 0) is 68.6 Å². The van der Waals surface area contributed by atoms with Gasteiger partial charge in [-0.25, -0.2) is 0 Å². The number of anilines is 1. The van der Waals surface area contributed by atoms with Gasteiger partial charge < -0.3 is 5.73 Å². The summed E-state index contributed by atoms with van der Waals surface area (Å²) in [7, 11) is 0. The topological polar surface area (TPSA) is 43.1 Å². The Labute approximate surface area is 120 Å². The summed E-state index contributed by atoms with van der Waals surface area (Å²) in [5.74, 6) is 0.0268. The number of aryl methyl sites for hydroxylation is 1. The van der Waals surface area contributed by atoms with Gasteiger partial charge in [0.25, 0.3) is 0 Å².